The van der Waals surface area contributed by atoms with Gasteiger partial charge in [-0.2, -0.15) is 0 Å². The van der Waals surface area contributed by atoms with Crippen LogP contribution in [0.3, 0.4) is 0 Å². The van der Waals surface area contributed by atoms with E-state index in [9.17, 15) is 4.79 Å². The zero-order valence-corrected chi connectivity index (χ0v) is 10.9. The van der Waals surface area contributed by atoms with E-state index in [1.165, 1.54) is 19.3 Å². The van der Waals surface area contributed by atoms with Crippen LogP contribution in [-0.2, 0) is 9.53 Å². The van der Waals surface area contributed by atoms with Gasteiger partial charge in [-0.15, -0.1) is 0 Å². The molecule has 2 rings (SSSR count). The van der Waals surface area contributed by atoms with Gasteiger partial charge in [-0.05, 0) is 32.6 Å². The number of hydrogen-bond acceptors (Lipinski definition) is 3. The molecule has 1 N–H and O–H groups in total. The Labute approximate surface area is 104 Å². The molecule has 0 bridgehead atoms. The van der Waals surface area contributed by atoms with E-state index in [4.69, 9.17) is 4.74 Å². The molecule has 4 nitrogen and oxygen atoms in total. The maximum atomic E-state index is 12.2. The lowest BCUT2D eigenvalue weighted by Gasteiger charge is -2.35. The fraction of sp³-hybridized carbons (Fsp3) is 0.923. The average molecular weight is 240 g/mol. The Morgan fingerprint density at radius 3 is 2.47 bits per heavy atom. The molecule has 1 aliphatic heterocycles. The van der Waals surface area contributed by atoms with E-state index >= 15 is 0 Å². The van der Waals surface area contributed by atoms with Gasteiger partial charge in [0.25, 0.3) is 0 Å². The molecule has 1 amide bonds. The van der Waals surface area contributed by atoms with Crippen LogP contribution in [0.5, 0.6) is 0 Å². The first-order valence-electron chi connectivity index (χ1n) is 6.81. The minimum atomic E-state index is -0.0660. The van der Waals surface area contributed by atoms with E-state index in [1.807, 2.05) is 11.8 Å². The van der Waals surface area contributed by atoms with E-state index in [2.05, 4.69) is 12.2 Å². The first kappa shape index (κ1) is 12.8. The second kappa shape index (κ2) is 5.83. The highest BCUT2D eigenvalue weighted by atomic mass is 16.5. The summed E-state index contributed by atoms with van der Waals surface area (Å²) in [6.45, 7) is 7.01. The van der Waals surface area contributed by atoms with Crippen molar-refractivity contribution in [2.24, 2.45) is 5.92 Å². The summed E-state index contributed by atoms with van der Waals surface area (Å²) in [5.41, 5.74) is 0. The van der Waals surface area contributed by atoms with E-state index < -0.39 is 0 Å². The number of hydrogen-bond donors (Lipinski definition) is 1. The Kier molecular flexibility index (Phi) is 4.40. The molecule has 1 saturated heterocycles. The topological polar surface area (TPSA) is 41.6 Å². The fourth-order valence-corrected chi connectivity index (χ4v) is 2.60. The van der Waals surface area contributed by atoms with Crippen molar-refractivity contribution in [2.75, 3.05) is 26.3 Å². The van der Waals surface area contributed by atoms with Crippen LogP contribution in [0.15, 0.2) is 0 Å². The highest BCUT2D eigenvalue weighted by Gasteiger charge is 2.28. The summed E-state index contributed by atoms with van der Waals surface area (Å²) in [4.78, 5) is 14.1. The fourth-order valence-electron chi connectivity index (χ4n) is 2.60. The van der Waals surface area contributed by atoms with Gasteiger partial charge < -0.3 is 15.0 Å². The van der Waals surface area contributed by atoms with E-state index in [0.29, 0.717) is 19.3 Å². The van der Waals surface area contributed by atoms with E-state index in [1.54, 1.807) is 0 Å². The van der Waals surface area contributed by atoms with Crippen molar-refractivity contribution in [3.8, 4) is 0 Å². The molecular formula is C13H24N2O2. The second-order valence-corrected chi connectivity index (χ2v) is 5.31. The predicted molar refractivity (Wildman–Crippen MR) is 66.8 cm³/mol. The van der Waals surface area contributed by atoms with Gasteiger partial charge in [-0.25, -0.2) is 0 Å². The van der Waals surface area contributed by atoms with Gasteiger partial charge in [0.1, 0.15) is 0 Å². The molecule has 0 spiro atoms. The number of nitrogens with zero attached hydrogens (tertiary/aromatic N) is 1. The number of carbonyl (C=O) groups excluding carboxylic acids is 1. The van der Waals surface area contributed by atoms with Crippen LogP contribution in [0.25, 0.3) is 0 Å². The summed E-state index contributed by atoms with van der Waals surface area (Å²) < 4.78 is 5.26. The number of carbonyl (C=O) groups is 1. The lowest BCUT2D eigenvalue weighted by Crippen LogP contribution is -2.52. The number of ether oxygens (including phenoxy) is 1. The van der Waals surface area contributed by atoms with Crippen LogP contribution in [0, 0.1) is 5.92 Å². The van der Waals surface area contributed by atoms with Crippen LogP contribution >= 0.6 is 0 Å². The summed E-state index contributed by atoms with van der Waals surface area (Å²) in [5.74, 6) is 0.995. The van der Waals surface area contributed by atoms with Crippen LogP contribution in [0.1, 0.15) is 33.1 Å². The van der Waals surface area contributed by atoms with Crippen molar-refractivity contribution < 1.29 is 9.53 Å². The van der Waals surface area contributed by atoms with Crippen molar-refractivity contribution in [1.82, 2.24) is 10.2 Å². The summed E-state index contributed by atoms with van der Waals surface area (Å²) in [6.07, 6.45) is 3.97. The van der Waals surface area contributed by atoms with Crippen LogP contribution in [0.4, 0.5) is 0 Å². The molecule has 1 aliphatic carbocycles. The van der Waals surface area contributed by atoms with Crippen LogP contribution in [-0.4, -0.2) is 49.2 Å². The molecule has 2 atom stereocenters. The van der Waals surface area contributed by atoms with Gasteiger partial charge in [0, 0.05) is 19.1 Å². The van der Waals surface area contributed by atoms with Gasteiger partial charge in [0.2, 0.25) is 5.91 Å². The monoisotopic (exact) mass is 240 g/mol. The Bertz CT molecular complexity index is 260. The molecule has 98 valence electrons. The van der Waals surface area contributed by atoms with E-state index in [-0.39, 0.29) is 11.9 Å². The first-order chi connectivity index (χ1) is 8.18. The molecule has 1 saturated carbocycles. The standard InChI is InChI=1S/C13H24N2O2/c1-10(12-4-3-5-12)14-11(2)13(16)15-6-8-17-9-7-15/h10-12,14H,3-9H2,1-2H3. The zero-order valence-electron chi connectivity index (χ0n) is 10.9. The Hall–Kier alpha value is -0.610. The van der Waals surface area contributed by atoms with Crippen molar-refractivity contribution in [3.63, 3.8) is 0 Å². The molecular weight excluding hydrogens is 216 g/mol. The largest absolute Gasteiger partial charge is 0.378 e. The smallest absolute Gasteiger partial charge is 0.239 e. The van der Waals surface area contributed by atoms with Gasteiger partial charge in [-0.3, -0.25) is 4.79 Å². The molecule has 2 unspecified atom stereocenters. The molecule has 2 aliphatic rings. The van der Waals surface area contributed by atoms with Gasteiger partial charge >= 0.3 is 0 Å². The number of morpholine rings is 1. The summed E-state index contributed by atoms with van der Waals surface area (Å²) in [7, 11) is 0. The number of rotatable bonds is 4. The lowest BCUT2D eigenvalue weighted by atomic mass is 9.80. The van der Waals surface area contributed by atoms with Crippen LogP contribution < -0.4 is 5.32 Å². The summed E-state index contributed by atoms with van der Waals surface area (Å²) in [6, 6.07) is 0.396. The Balaban J connectivity index is 1.77. The maximum Gasteiger partial charge on any atom is 0.239 e. The third-order valence-corrected chi connectivity index (χ3v) is 4.06. The molecule has 4 heteroatoms. The third-order valence-electron chi connectivity index (χ3n) is 4.06. The maximum absolute atomic E-state index is 12.2. The molecule has 0 aromatic rings. The first-order valence-corrected chi connectivity index (χ1v) is 6.81. The molecule has 1 heterocycles. The van der Waals surface area contributed by atoms with Crippen molar-refractivity contribution >= 4 is 5.91 Å². The van der Waals surface area contributed by atoms with Gasteiger partial charge in [-0.1, -0.05) is 6.42 Å². The zero-order chi connectivity index (χ0) is 12.3. The molecule has 17 heavy (non-hydrogen) atoms. The number of nitrogens with one attached hydrogen (secondary N) is 1. The van der Waals surface area contributed by atoms with Gasteiger partial charge in [0.15, 0.2) is 0 Å². The molecule has 0 aromatic heterocycles. The summed E-state index contributed by atoms with van der Waals surface area (Å²) in [5, 5.41) is 3.45. The van der Waals surface area contributed by atoms with Crippen molar-refractivity contribution in [3.05, 3.63) is 0 Å². The third kappa shape index (κ3) is 3.19. The SMILES string of the molecule is CC(NC(C)C1CCC1)C(=O)N1CCOCC1. The normalized spacial score (nSPS) is 25.2. The highest BCUT2D eigenvalue weighted by Crippen LogP contribution is 2.29. The lowest BCUT2D eigenvalue weighted by molar-refractivity contribution is -0.137. The van der Waals surface area contributed by atoms with Crippen molar-refractivity contribution in [2.45, 2.75) is 45.2 Å². The van der Waals surface area contributed by atoms with Crippen molar-refractivity contribution in [1.29, 1.82) is 0 Å². The minimum Gasteiger partial charge on any atom is -0.378 e. The Morgan fingerprint density at radius 1 is 1.29 bits per heavy atom. The van der Waals surface area contributed by atoms with E-state index in [0.717, 1.165) is 19.0 Å². The Morgan fingerprint density at radius 2 is 1.94 bits per heavy atom. The summed E-state index contributed by atoms with van der Waals surface area (Å²) >= 11 is 0. The quantitative estimate of drug-likeness (QED) is 0.797. The highest BCUT2D eigenvalue weighted by molar-refractivity contribution is 5.81. The molecule has 0 radical (unpaired) electrons. The molecule has 0 aromatic carbocycles. The second-order valence-electron chi connectivity index (χ2n) is 5.31. The minimum absolute atomic E-state index is 0.0660. The van der Waals surface area contributed by atoms with Crippen LogP contribution in [0.2, 0.25) is 0 Å². The predicted octanol–water partition coefficient (Wildman–Crippen LogP) is 1.01. The number of amides is 1. The molecule has 2 fully saturated rings. The average Bonchev–Trinajstić information content (AvgIpc) is 2.26. The van der Waals surface area contributed by atoms with Gasteiger partial charge in [0.05, 0.1) is 19.3 Å².